The maximum Gasteiger partial charge on any atom is 0.261 e. The van der Waals surface area contributed by atoms with E-state index in [0.29, 0.717) is 34.5 Å². The molecule has 0 spiro atoms. The Morgan fingerprint density at radius 1 is 1.26 bits per heavy atom. The van der Waals surface area contributed by atoms with Gasteiger partial charge in [0, 0.05) is 29.4 Å². The summed E-state index contributed by atoms with van der Waals surface area (Å²) in [5.74, 6) is 0.453. The third-order valence-corrected chi connectivity index (χ3v) is 8.41. The standard InChI is InChI=1S/C18H19ClN2O4S2/c19-13-3-5-15-12(9-13)10-16(25-15)18(22)20-11-14-4-6-17(26-14)27(23,24)21-7-1-2-8-21/h3-6,9,16H,1-2,7-8,10-11H2,(H,20,22). The normalized spacial score (nSPS) is 19.7. The maximum atomic E-state index is 12.6. The van der Waals surface area contributed by atoms with Crippen molar-refractivity contribution in [3.63, 3.8) is 0 Å². The fraction of sp³-hybridized carbons (Fsp3) is 0.389. The minimum Gasteiger partial charge on any atom is -0.480 e. The number of hydrogen-bond acceptors (Lipinski definition) is 5. The van der Waals surface area contributed by atoms with Gasteiger partial charge in [0.25, 0.3) is 15.9 Å². The Morgan fingerprint density at radius 2 is 2.04 bits per heavy atom. The van der Waals surface area contributed by atoms with Crippen LogP contribution in [0.3, 0.4) is 0 Å². The molecule has 0 radical (unpaired) electrons. The molecule has 1 aromatic carbocycles. The first-order valence-electron chi connectivity index (χ1n) is 8.75. The number of sulfonamides is 1. The predicted molar refractivity (Wildman–Crippen MR) is 104 cm³/mol. The lowest BCUT2D eigenvalue weighted by Gasteiger charge is -2.13. The SMILES string of the molecule is O=C(NCc1ccc(S(=O)(=O)N2CCCC2)s1)C1Cc2cc(Cl)ccc2O1. The van der Waals surface area contributed by atoms with Crippen LogP contribution in [0.5, 0.6) is 5.75 Å². The Morgan fingerprint density at radius 3 is 2.81 bits per heavy atom. The average molecular weight is 427 g/mol. The van der Waals surface area contributed by atoms with E-state index in [4.69, 9.17) is 16.3 Å². The van der Waals surface area contributed by atoms with E-state index in [2.05, 4.69) is 5.32 Å². The summed E-state index contributed by atoms with van der Waals surface area (Å²) in [6.45, 7) is 1.43. The molecular weight excluding hydrogens is 408 g/mol. The topological polar surface area (TPSA) is 75.7 Å². The smallest absolute Gasteiger partial charge is 0.261 e. The van der Waals surface area contributed by atoms with Crippen molar-refractivity contribution in [3.05, 3.63) is 45.8 Å². The zero-order valence-corrected chi connectivity index (χ0v) is 16.9. The fourth-order valence-corrected chi connectivity index (χ4v) is 6.46. The van der Waals surface area contributed by atoms with Crippen LogP contribution in [0.25, 0.3) is 0 Å². The highest BCUT2D eigenvalue weighted by molar-refractivity contribution is 7.91. The number of carbonyl (C=O) groups excluding carboxylic acids is 1. The number of thiophene rings is 1. The molecule has 1 aromatic heterocycles. The Hall–Kier alpha value is -1.61. The van der Waals surface area contributed by atoms with Gasteiger partial charge >= 0.3 is 0 Å². The number of carbonyl (C=O) groups is 1. The van der Waals surface area contributed by atoms with Crippen LogP contribution in [-0.4, -0.2) is 37.8 Å². The van der Waals surface area contributed by atoms with Crippen LogP contribution >= 0.6 is 22.9 Å². The van der Waals surface area contributed by atoms with Crippen molar-refractivity contribution in [2.45, 2.75) is 36.1 Å². The number of rotatable bonds is 5. The molecule has 9 heteroatoms. The van der Waals surface area contributed by atoms with Gasteiger partial charge in [-0.05, 0) is 48.7 Å². The van der Waals surface area contributed by atoms with Crippen molar-refractivity contribution in [2.24, 2.45) is 0 Å². The van der Waals surface area contributed by atoms with Crippen LogP contribution in [0, 0.1) is 0 Å². The molecular formula is C18H19ClN2O4S2. The molecule has 3 heterocycles. The second-order valence-electron chi connectivity index (χ2n) is 6.61. The summed E-state index contributed by atoms with van der Waals surface area (Å²) in [4.78, 5) is 13.2. The zero-order chi connectivity index (χ0) is 19.0. The first-order valence-corrected chi connectivity index (χ1v) is 11.4. The van der Waals surface area contributed by atoms with E-state index in [1.807, 2.05) is 0 Å². The molecule has 27 heavy (non-hydrogen) atoms. The van der Waals surface area contributed by atoms with Gasteiger partial charge in [0.15, 0.2) is 6.10 Å². The lowest BCUT2D eigenvalue weighted by molar-refractivity contribution is -0.127. The first kappa shape index (κ1) is 18.7. The number of halogens is 1. The highest BCUT2D eigenvalue weighted by atomic mass is 35.5. The molecule has 1 unspecified atom stereocenters. The van der Waals surface area contributed by atoms with E-state index >= 15 is 0 Å². The lowest BCUT2D eigenvalue weighted by atomic mass is 10.1. The monoisotopic (exact) mass is 426 g/mol. The van der Waals surface area contributed by atoms with Crippen LogP contribution < -0.4 is 10.1 Å². The second-order valence-corrected chi connectivity index (χ2v) is 10.4. The maximum absolute atomic E-state index is 12.6. The van der Waals surface area contributed by atoms with Gasteiger partial charge in [-0.25, -0.2) is 8.42 Å². The summed E-state index contributed by atoms with van der Waals surface area (Å²) in [5, 5.41) is 3.44. The molecule has 1 amide bonds. The molecule has 2 aliphatic heterocycles. The minimum absolute atomic E-state index is 0.223. The summed E-state index contributed by atoms with van der Waals surface area (Å²) < 4.78 is 32.7. The van der Waals surface area contributed by atoms with Crippen molar-refractivity contribution in [3.8, 4) is 5.75 Å². The molecule has 4 rings (SSSR count). The van der Waals surface area contributed by atoms with Crippen LogP contribution in [0.15, 0.2) is 34.5 Å². The molecule has 0 bridgehead atoms. The van der Waals surface area contributed by atoms with Gasteiger partial charge in [0.1, 0.15) is 9.96 Å². The number of amides is 1. The van der Waals surface area contributed by atoms with Crippen LogP contribution in [0.2, 0.25) is 5.02 Å². The summed E-state index contributed by atoms with van der Waals surface area (Å²) in [6.07, 6.45) is 1.69. The molecule has 1 atom stereocenters. The van der Waals surface area contributed by atoms with Crippen molar-refractivity contribution < 1.29 is 17.9 Å². The summed E-state index contributed by atoms with van der Waals surface area (Å²) in [6, 6.07) is 8.66. The Kier molecular flexibility index (Phi) is 5.15. The fourth-order valence-electron chi connectivity index (χ4n) is 3.30. The van der Waals surface area contributed by atoms with Gasteiger partial charge in [-0.2, -0.15) is 4.31 Å². The second kappa shape index (κ2) is 7.43. The Bertz CT molecular complexity index is 967. The van der Waals surface area contributed by atoms with Gasteiger partial charge in [-0.3, -0.25) is 4.79 Å². The van der Waals surface area contributed by atoms with Crippen molar-refractivity contribution in [1.82, 2.24) is 9.62 Å². The number of ether oxygens (including phenoxy) is 1. The van der Waals surface area contributed by atoms with Crippen LogP contribution in [0.4, 0.5) is 0 Å². The van der Waals surface area contributed by atoms with E-state index in [-0.39, 0.29) is 12.5 Å². The van der Waals surface area contributed by atoms with Crippen molar-refractivity contribution in [1.29, 1.82) is 0 Å². The average Bonchev–Trinajstić information content (AvgIpc) is 3.38. The predicted octanol–water partition coefficient (Wildman–Crippen LogP) is 2.81. The molecule has 2 aromatic rings. The van der Waals surface area contributed by atoms with E-state index in [9.17, 15) is 13.2 Å². The van der Waals surface area contributed by atoms with Gasteiger partial charge in [-0.1, -0.05) is 11.6 Å². The molecule has 1 saturated heterocycles. The van der Waals surface area contributed by atoms with E-state index in [0.717, 1.165) is 23.3 Å². The van der Waals surface area contributed by atoms with Gasteiger partial charge in [0.05, 0.1) is 6.54 Å². The van der Waals surface area contributed by atoms with Gasteiger partial charge < -0.3 is 10.1 Å². The van der Waals surface area contributed by atoms with E-state index in [1.165, 1.54) is 15.6 Å². The van der Waals surface area contributed by atoms with Crippen LogP contribution in [0.1, 0.15) is 23.3 Å². The lowest BCUT2D eigenvalue weighted by Crippen LogP contribution is -2.36. The highest BCUT2D eigenvalue weighted by Gasteiger charge is 2.30. The molecule has 2 aliphatic rings. The van der Waals surface area contributed by atoms with Gasteiger partial charge in [0.2, 0.25) is 0 Å². The molecule has 0 saturated carbocycles. The largest absolute Gasteiger partial charge is 0.480 e. The van der Waals surface area contributed by atoms with Crippen LogP contribution in [-0.2, 0) is 27.8 Å². The van der Waals surface area contributed by atoms with E-state index in [1.54, 1.807) is 30.3 Å². The molecule has 1 fully saturated rings. The third-order valence-electron chi connectivity index (χ3n) is 4.72. The minimum atomic E-state index is -3.41. The van der Waals surface area contributed by atoms with Crippen molar-refractivity contribution >= 4 is 38.9 Å². The molecule has 6 nitrogen and oxygen atoms in total. The van der Waals surface area contributed by atoms with Gasteiger partial charge in [-0.15, -0.1) is 11.3 Å². The number of fused-ring (bicyclic) bond motifs is 1. The summed E-state index contributed by atoms with van der Waals surface area (Å²) in [5.41, 5.74) is 0.915. The number of hydrogen-bond donors (Lipinski definition) is 1. The summed E-state index contributed by atoms with van der Waals surface area (Å²) in [7, 11) is -3.41. The first-order chi connectivity index (χ1) is 12.9. The zero-order valence-electron chi connectivity index (χ0n) is 14.5. The number of benzene rings is 1. The quantitative estimate of drug-likeness (QED) is 0.797. The Labute approximate surface area is 167 Å². The third kappa shape index (κ3) is 3.85. The Balaban J connectivity index is 1.36. The number of nitrogens with one attached hydrogen (secondary N) is 1. The number of nitrogens with zero attached hydrogens (tertiary/aromatic N) is 1. The molecule has 1 N–H and O–H groups in total. The summed E-state index contributed by atoms with van der Waals surface area (Å²) >= 11 is 7.17. The van der Waals surface area contributed by atoms with E-state index < -0.39 is 16.1 Å². The van der Waals surface area contributed by atoms with Crippen molar-refractivity contribution in [2.75, 3.05) is 13.1 Å². The molecule has 0 aliphatic carbocycles. The highest BCUT2D eigenvalue weighted by Crippen LogP contribution is 2.31. The molecule has 144 valence electrons.